The summed E-state index contributed by atoms with van der Waals surface area (Å²) in [7, 11) is 0. The largest absolute Gasteiger partial charge is 0.464 e. The summed E-state index contributed by atoms with van der Waals surface area (Å²) in [5, 5.41) is 30.1. The summed E-state index contributed by atoms with van der Waals surface area (Å²) in [5.74, 6) is 0.823. The standard InChI is InChI=1S/C15H16N4O5/c16-13-10-7(8-2-1-3-23-8)4-19(14(10)18-6-17-13)15-12(22)11(21)9(5-20)24-15/h1-4,6,9,11-12,15,20-22H,5H2,(H2,16,17,18)/t9?,11-,12-,15?/m1/s1. The molecule has 1 aliphatic rings. The molecular weight excluding hydrogens is 316 g/mol. The summed E-state index contributed by atoms with van der Waals surface area (Å²) in [6.07, 6.45) is 0.287. The van der Waals surface area contributed by atoms with Gasteiger partial charge in [-0.05, 0) is 12.1 Å². The molecule has 1 saturated heterocycles. The van der Waals surface area contributed by atoms with E-state index in [-0.39, 0.29) is 5.82 Å². The van der Waals surface area contributed by atoms with Gasteiger partial charge in [0.2, 0.25) is 0 Å². The minimum Gasteiger partial charge on any atom is -0.464 e. The van der Waals surface area contributed by atoms with Crippen molar-refractivity contribution >= 4 is 16.9 Å². The Bertz CT molecular complexity index is 862. The Hall–Kier alpha value is -2.46. The molecule has 1 fully saturated rings. The Labute approximate surface area is 135 Å². The van der Waals surface area contributed by atoms with Crippen molar-refractivity contribution in [2.75, 3.05) is 12.3 Å². The van der Waals surface area contributed by atoms with Gasteiger partial charge in [0, 0.05) is 11.8 Å². The van der Waals surface area contributed by atoms with Crippen molar-refractivity contribution in [3.05, 3.63) is 30.9 Å². The molecule has 1 aliphatic heterocycles. The molecule has 0 aliphatic carbocycles. The summed E-state index contributed by atoms with van der Waals surface area (Å²) in [4.78, 5) is 8.22. The number of aromatic nitrogens is 3. The van der Waals surface area contributed by atoms with Crippen LogP contribution in [-0.2, 0) is 4.74 Å². The zero-order valence-electron chi connectivity index (χ0n) is 12.5. The highest BCUT2D eigenvalue weighted by molar-refractivity contribution is 5.99. The Morgan fingerprint density at radius 2 is 2.08 bits per heavy atom. The molecule has 3 aromatic rings. The van der Waals surface area contributed by atoms with Gasteiger partial charge in [0.15, 0.2) is 6.23 Å². The van der Waals surface area contributed by atoms with Crippen LogP contribution in [0.25, 0.3) is 22.4 Å². The number of hydrogen-bond acceptors (Lipinski definition) is 8. The third-order valence-corrected chi connectivity index (χ3v) is 4.22. The van der Waals surface area contributed by atoms with Gasteiger partial charge in [0.25, 0.3) is 0 Å². The summed E-state index contributed by atoms with van der Waals surface area (Å²) in [6.45, 7) is -0.407. The summed E-state index contributed by atoms with van der Waals surface area (Å²) in [6, 6.07) is 3.51. The van der Waals surface area contributed by atoms with Gasteiger partial charge in [-0.15, -0.1) is 0 Å². The molecule has 0 spiro atoms. The molecule has 126 valence electrons. The fourth-order valence-electron chi connectivity index (χ4n) is 3.03. The zero-order chi connectivity index (χ0) is 16.8. The molecule has 0 amide bonds. The molecule has 5 N–H and O–H groups in total. The Balaban J connectivity index is 1.90. The maximum atomic E-state index is 10.3. The number of aliphatic hydroxyl groups excluding tert-OH is 3. The first kappa shape index (κ1) is 15.1. The Morgan fingerprint density at radius 3 is 2.75 bits per heavy atom. The van der Waals surface area contributed by atoms with Crippen LogP contribution in [0.15, 0.2) is 35.3 Å². The van der Waals surface area contributed by atoms with Gasteiger partial charge in [0.1, 0.15) is 41.9 Å². The van der Waals surface area contributed by atoms with E-state index < -0.39 is 31.1 Å². The molecule has 0 radical (unpaired) electrons. The fourth-order valence-corrected chi connectivity index (χ4v) is 3.03. The Kier molecular flexibility index (Phi) is 3.50. The molecule has 9 nitrogen and oxygen atoms in total. The quantitative estimate of drug-likeness (QED) is 0.520. The third-order valence-electron chi connectivity index (χ3n) is 4.22. The van der Waals surface area contributed by atoms with Gasteiger partial charge in [-0.1, -0.05) is 0 Å². The number of nitrogens with zero attached hydrogens (tertiary/aromatic N) is 3. The van der Waals surface area contributed by atoms with E-state index in [1.807, 2.05) is 0 Å². The van der Waals surface area contributed by atoms with Crippen LogP contribution in [-0.4, -0.2) is 54.8 Å². The van der Waals surface area contributed by atoms with Gasteiger partial charge < -0.3 is 34.8 Å². The van der Waals surface area contributed by atoms with Crippen molar-refractivity contribution in [3.8, 4) is 11.3 Å². The number of furan rings is 1. The molecule has 0 bridgehead atoms. The predicted molar refractivity (Wildman–Crippen MR) is 82.7 cm³/mol. The SMILES string of the molecule is Nc1ncnc2c1c(-c1ccco1)cn2C1OC(CO)[C@@H](O)[C@H]1O. The number of aliphatic hydroxyl groups is 3. The minimum absolute atomic E-state index is 0.261. The number of anilines is 1. The van der Waals surface area contributed by atoms with E-state index in [1.54, 1.807) is 22.9 Å². The molecule has 2 unspecified atom stereocenters. The fraction of sp³-hybridized carbons (Fsp3) is 0.333. The monoisotopic (exact) mass is 332 g/mol. The highest BCUT2D eigenvalue weighted by Gasteiger charge is 2.44. The van der Waals surface area contributed by atoms with E-state index in [4.69, 9.17) is 14.9 Å². The van der Waals surface area contributed by atoms with Crippen LogP contribution < -0.4 is 5.73 Å². The molecule has 24 heavy (non-hydrogen) atoms. The van der Waals surface area contributed by atoms with Crippen LogP contribution in [0.1, 0.15) is 6.23 Å². The molecule has 9 heteroatoms. The molecule has 4 atom stereocenters. The van der Waals surface area contributed by atoms with Gasteiger partial charge in [-0.3, -0.25) is 0 Å². The van der Waals surface area contributed by atoms with E-state index in [2.05, 4.69) is 9.97 Å². The molecule has 3 aromatic heterocycles. The highest BCUT2D eigenvalue weighted by atomic mass is 16.6. The average Bonchev–Trinajstić information content (AvgIpc) is 3.28. The predicted octanol–water partition coefficient (Wildman–Crippen LogP) is -0.115. The first-order valence-corrected chi connectivity index (χ1v) is 7.39. The summed E-state index contributed by atoms with van der Waals surface area (Å²) in [5.41, 5.74) is 7.07. The number of nitrogen functional groups attached to an aromatic ring is 1. The second-order valence-electron chi connectivity index (χ2n) is 5.61. The van der Waals surface area contributed by atoms with Crippen LogP contribution in [0.3, 0.4) is 0 Å². The van der Waals surface area contributed by atoms with E-state index in [9.17, 15) is 15.3 Å². The van der Waals surface area contributed by atoms with E-state index in [0.717, 1.165) is 0 Å². The number of fused-ring (bicyclic) bond motifs is 1. The summed E-state index contributed by atoms with van der Waals surface area (Å²) < 4.78 is 12.6. The van der Waals surface area contributed by atoms with Crippen molar-refractivity contribution in [2.24, 2.45) is 0 Å². The van der Waals surface area contributed by atoms with Gasteiger partial charge in [-0.2, -0.15) is 0 Å². The number of hydrogen-bond donors (Lipinski definition) is 4. The minimum atomic E-state index is -1.22. The van der Waals surface area contributed by atoms with Gasteiger partial charge >= 0.3 is 0 Å². The van der Waals surface area contributed by atoms with Crippen LogP contribution in [0.5, 0.6) is 0 Å². The Morgan fingerprint density at radius 1 is 1.25 bits per heavy atom. The van der Waals surface area contributed by atoms with Crippen molar-refractivity contribution in [2.45, 2.75) is 24.5 Å². The van der Waals surface area contributed by atoms with Crippen LogP contribution >= 0.6 is 0 Å². The van der Waals surface area contributed by atoms with Crippen LogP contribution in [0, 0.1) is 0 Å². The smallest absolute Gasteiger partial charge is 0.164 e. The van der Waals surface area contributed by atoms with E-state index in [0.29, 0.717) is 22.4 Å². The number of nitrogens with two attached hydrogens (primary N) is 1. The summed E-state index contributed by atoms with van der Waals surface area (Å²) >= 11 is 0. The zero-order valence-corrected chi connectivity index (χ0v) is 12.5. The van der Waals surface area contributed by atoms with Gasteiger partial charge in [-0.25, -0.2) is 9.97 Å². The lowest BCUT2D eigenvalue weighted by Gasteiger charge is -2.17. The molecule has 4 heterocycles. The second-order valence-corrected chi connectivity index (χ2v) is 5.61. The average molecular weight is 332 g/mol. The van der Waals surface area contributed by atoms with Crippen molar-refractivity contribution in [3.63, 3.8) is 0 Å². The van der Waals surface area contributed by atoms with E-state index >= 15 is 0 Å². The topological polar surface area (TPSA) is 140 Å². The lowest BCUT2D eigenvalue weighted by Crippen LogP contribution is -2.33. The molecular formula is C15H16N4O5. The van der Waals surface area contributed by atoms with Crippen molar-refractivity contribution in [1.29, 1.82) is 0 Å². The van der Waals surface area contributed by atoms with Crippen LogP contribution in [0.2, 0.25) is 0 Å². The first-order valence-electron chi connectivity index (χ1n) is 7.39. The maximum absolute atomic E-state index is 10.3. The molecule has 4 rings (SSSR count). The van der Waals surface area contributed by atoms with Crippen molar-refractivity contribution in [1.82, 2.24) is 14.5 Å². The highest BCUT2D eigenvalue weighted by Crippen LogP contribution is 2.38. The lowest BCUT2D eigenvalue weighted by atomic mass is 10.1. The lowest BCUT2D eigenvalue weighted by molar-refractivity contribution is -0.0508. The van der Waals surface area contributed by atoms with Crippen LogP contribution in [0.4, 0.5) is 5.82 Å². The maximum Gasteiger partial charge on any atom is 0.164 e. The van der Waals surface area contributed by atoms with Crippen molar-refractivity contribution < 1.29 is 24.5 Å². The third kappa shape index (κ3) is 2.10. The second kappa shape index (κ2) is 5.56. The normalized spacial score (nSPS) is 27.1. The number of ether oxygens (including phenoxy) is 1. The molecule has 0 saturated carbocycles. The first-order chi connectivity index (χ1) is 11.6. The molecule has 0 aromatic carbocycles. The number of rotatable bonds is 3. The van der Waals surface area contributed by atoms with E-state index in [1.165, 1.54) is 12.6 Å². The van der Waals surface area contributed by atoms with Gasteiger partial charge in [0.05, 0.1) is 18.3 Å².